The highest BCUT2D eigenvalue weighted by Crippen LogP contribution is 2.52. The van der Waals surface area contributed by atoms with E-state index in [0.717, 1.165) is 37.8 Å². The van der Waals surface area contributed by atoms with E-state index in [1.165, 1.54) is 5.56 Å². The molecule has 1 saturated heterocycles. The second-order valence-corrected chi connectivity index (χ2v) is 7.96. The first-order chi connectivity index (χ1) is 11.1. The Hall–Kier alpha value is -1.35. The van der Waals surface area contributed by atoms with Gasteiger partial charge >= 0.3 is 0 Å². The minimum atomic E-state index is -0.181. The number of piperidine rings is 1. The molecule has 3 heterocycles. The molecule has 4 heteroatoms. The fourth-order valence-corrected chi connectivity index (χ4v) is 5.52. The first kappa shape index (κ1) is 15.2. The lowest BCUT2D eigenvalue weighted by molar-refractivity contribution is -0.123. The summed E-state index contributed by atoms with van der Waals surface area (Å²) in [5.74, 6) is 0.901. The Kier molecular flexibility index (Phi) is 3.72. The van der Waals surface area contributed by atoms with Gasteiger partial charge in [-0.1, -0.05) is 0 Å². The Morgan fingerprint density at radius 3 is 2.83 bits per heavy atom. The SMILES string of the molecule is CC1=CC(=O)CC2(c3ccncc3)CCC3CC(Cl)CCC3N12. The molecule has 0 radical (unpaired) electrons. The summed E-state index contributed by atoms with van der Waals surface area (Å²) in [6.07, 6.45) is 11.6. The highest BCUT2D eigenvalue weighted by atomic mass is 35.5. The maximum Gasteiger partial charge on any atom is 0.160 e. The van der Waals surface area contributed by atoms with Gasteiger partial charge in [0.1, 0.15) is 0 Å². The smallest absolute Gasteiger partial charge is 0.160 e. The van der Waals surface area contributed by atoms with Crippen LogP contribution in [0.2, 0.25) is 0 Å². The number of rotatable bonds is 1. The molecule has 0 bridgehead atoms. The molecule has 4 unspecified atom stereocenters. The van der Waals surface area contributed by atoms with Gasteiger partial charge in [0.05, 0.1) is 5.54 Å². The van der Waals surface area contributed by atoms with Gasteiger partial charge in [-0.15, -0.1) is 11.6 Å². The number of hydrogen-bond acceptors (Lipinski definition) is 3. The van der Waals surface area contributed by atoms with Crippen molar-refractivity contribution in [1.82, 2.24) is 9.88 Å². The number of pyridine rings is 1. The van der Waals surface area contributed by atoms with E-state index in [4.69, 9.17) is 11.6 Å². The maximum absolute atomic E-state index is 12.4. The maximum atomic E-state index is 12.4. The van der Waals surface area contributed by atoms with Crippen LogP contribution in [-0.4, -0.2) is 27.1 Å². The second kappa shape index (κ2) is 5.62. The highest BCUT2D eigenvalue weighted by molar-refractivity contribution is 6.20. The molecule has 23 heavy (non-hydrogen) atoms. The first-order valence-electron chi connectivity index (χ1n) is 8.65. The van der Waals surface area contributed by atoms with Gasteiger partial charge in [-0.3, -0.25) is 9.78 Å². The molecule has 0 N–H and O–H groups in total. The lowest BCUT2D eigenvalue weighted by Gasteiger charge is -2.59. The number of alkyl halides is 1. The number of aromatic nitrogens is 1. The third-order valence-electron chi connectivity index (χ3n) is 6.03. The summed E-state index contributed by atoms with van der Waals surface area (Å²) in [6.45, 7) is 2.10. The van der Waals surface area contributed by atoms with Crippen LogP contribution in [0.3, 0.4) is 0 Å². The number of nitrogens with zero attached hydrogens (tertiary/aromatic N) is 2. The van der Waals surface area contributed by atoms with Gasteiger partial charge in [-0.2, -0.15) is 0 Å². The Bertz CT molecular complexity index is 644. The van der Waals surface area contributed by atoms with Gasteiger partial charge in [0.15, 0.2) is 5.78 Å². The monoisotopic (exact) mass is 330 g/mol. The molecule has 0 aromatic carbocycles. The molecule has 2 aliphatic heterocycles. The van der Waals surface area contributed by atoms with Crippen molar-refractivity contribution < 1.29 is 4.79 Å². The predicted molar refractivity (Wildman–Crippen MR) is 91.1 cm³/mol. The van der Waals surface area contributed by atoms with Crippen molar-refractivity contribution in [2.24, 2.45) is 5.92 Å². The molecule has 3 nitrogen and oxygen atoms in total. The molecule has 1 aromatic rings. The highest BCUT2D eigenvalue weighted by Gasteiger charge is 2.51. The second-order valence-electron chi connectivity index (χ2n) is 7.34. The van der Waals surface area contributed by atoms with E-state index in [2.05, 4.69) is 28.9 Å². The van der Waals surface area contributed by atoms with Crippen LogP contribution >= 0.6 is 11.6 Å². The van der Waals surface area contributed by atoms with Crippen molar-refractivity contribution in [2.45, 2.75) is 62.4 Å². The summed E-state index contributed by atoms with van der Waals surface area (Å²) >= 11 is 6.43. The topological polar surface area (TPSA) is 33.2 Å². The Labute approximate surface area is 142 Å². The zero-order valence-corrected chi connectivity index (χ0v) is 14.3. The van der Waals surface area contributed by atoms with Crippen LogP contribution < -0.4 is 0 Å². The Balaban J connectivity index is 1.80. The number of carbonyl (C=O) groups excluding carboxylic acids is 1. The summed E-state index contributed by atoms with van der Waals surface area (Å²) < 4.78 is 0. The van der Waals surface area contributed by atoms with Crippen LogP contribution in [0.15, 0.2) is 36.3 Å². The average Bonchev–Trinajstić information content (AvgIpc) is 2.55. The molecule has 1 aromatic heterocycles. The number of fused-ring (bicyclic) bond motifs is 3. The lowest BCUT2D eigenvalue weighted by atomic mass is 9.66. The average molecular weight is 331 g/mol. The van der Waals surface area contributed by atoms with Crippen molar-refractivity contribution in [2.75, 3.05) is 0 Å². The summed E-state index contributed by atoms with van der Waals surface area (Å²) in [5, 5.41) is 0.320. The molecule has 4 atom stereocenters. The molecule has 2 fully saturated rings. The number of halogens is 1. The van der Waals surface area contributed by atoms with Gasteiger partial charge in [-0.25, -0.2) is 0 Å². The number of carbonyl (C=O) groups is 1. The Morgan fingerprint density at radius 2 is 2.04 bits per heavy atom. The molecule has 0 spiro atoms. The molecule has 1 aliphatic carbocycles. The van der Waals surface area contributed by atoms with E-state index in [0.29, 0.717) is 23.8 Å². The summed E-state index contributed by atoms with van der Waals surface area (Å²) in [4.78, 5) is 19.1. The van der Waals surface area contributed by atoms with Gasteiger partial charge in [-0.05, 0) is 62.6 Å². The van der Waals surface area contributed by atoms with Crippen LogP contribution in [-0.2, 0) is 10.3 Å². The minimum absolute atomic E-state index is 0.181. The molecular weight excluding hydrogens is 308 g/mol. The summed E-state index contributed by atoms with van der Waals surface area (Å²) in [6, 6.07) is 4.69. The van der Waals surface area contributed by atoms with E-state index < -0.39 is 0 Å². The van der Waals surface area contributed by atoms with Crippen molar-refractivity contribution in [1.29, 1.82) is 0 Å². The van der Waals surface area contributed by atoms with E-state index in [-0.39, 0.29) is 11.3 Å². The van der Waals surface area contributed by atoms with Crippen molar-refractivity contribution >= 4 is 17.4 Å². The van der Waals surface area contributed by atoms with Crippen molar-refractivity contribution in [3.8, 4) is 0 Å². The van der Waals surface area contributed by atoms with Crippen LogP contribution in [0.4, 0.5) is 0 Å². The van der Waals surface area contributed by atoms with Crippen LogP contribution in [0.1, 0.15) is 51.0 Å². The molecule has 1 saturated carbocycles. The predicted octanol–water partition coefficient (Wildman–Crippen LogP) is 4.03. The normalized spacial score (nSPS) is 37.0. The quantitative estimate of drug-likeness (QED) is 0.729. The van der Waals surface area contributed by atoms with E-state index in [1.54, 1.807) is 0 Å². The minimum Gasteiger partial charge on any atom is -0.361 e. The first-order valence-corrected chi connectivity index (χ1v) is 9.09. The fourth-order valence-electron chi connectivity index (χ4n) is 5.17. The summed E-state index contributed by atoms with van der Waals surface area (Å²) in [7, 11) is 0. The molecule has 3 aliphatic rings. The number of allylic oxidation sites excluding steroid dienone is 2. The fraction of sp³-hybridized carbons (Fsp3) is 0.579. The lowest BCUT2D eigenvalue weighted by Crippen LogP contribution is -2.60. The standard InChI is InChI=1S/C19H23ClN2O/c1-13-10-17(23)12-19(15-5-8-21-9-6-15)7-4-14-11-16(20)2-3-18(14)22(13)19/h5-6,8-10,14,16,18H,2-4,7,11-12H2,1H3. The molecule has 0 amide bonds. The van der Waals surface area contributed by atoms with Crippen LogP contribution in [0.25, 0.3) is 0 Å². The van der Waals surface area contributed by atoms with Gasteiger partial charge in [0, 0.05) is 42.0 Å². The van der Waals surface area contributed by atoms with Gasteiger partial charge in [0.25, 0.3) is 0 Å². The number of hydrogen-bond donors (Lipinski definition) is 0. The molecule has 122 valence electrons. The van der Waals surface area contributed by atoms with Gasteiger partial charge in [0.2, 0.25) is 0 Å². The Morgan fingerprint density at radius 1 is 1.26 bits per heavy atom. The number of ketones is 1. The third kappa shape index (κ3) is 2.40. The van der Waals surface area contributed by atoms with Gasteiger partial charge < -0.3 is 4.90 Å². The third-order valence-corrected chi connectivity index (χ3v) is 6.43. The van der Waals surface area contributed by atoms with E-state index in [9.17, 15) is 4.79 Å². The zero-order chi connectivity index (χ0) is 16.0. The largest absolute Gasteiger partial charge is 0.361 e. The zero-order valence-electron chi connectivity index (χ0n) is 13.5. The molecule has 4 rings (SSSR count). The van der Waals surface area contributed by atoms with E-state index in [1.807, 2.05) is 18.5 Å². The van der Waals surface area contributed by atoms with Crippen molar-refractivity contribution in [3.05, 3.63) is 41.9 Å². The van der Waals surface area contributed by atoms with Crippen LogP contribution in [0, 0.1) is 5.92 Å². The van der Waals surface area contributed by atoms with Crippen LogP contribution in [0.5, 0.6) is 0 Å². The molecular formula is C19H23ClN2O. The summed E-state index contributed by atoms with van der Waals surface area (Å²) in [5.41, 5.74) is 2.18. The van der Waals surface area contributed by atoms with Crippen molar-refractivity contribution in [3.63, 3.8) is 0 Å². The van der Waals surface area contributed by atoms with E-state index >= 15 is 0 Å².